The number of rotatable bonds is 6. The second-order valence-electron chi connectivity index (χ2n) is 3.71. The van der Waals surface area contributed by atoms with E-state index in [4.69, 9.17) is 10.5 Å². The second kappa shape index (κ2) is 6.53. The fraction of sp³-hybridized carbons (Fsp3) is 0.500. The van der Waals surface area contributed by atoms with Crippen LogP contribution in [0.25, 0.3) is 0 Å². The highest BCUT2D eigenvalue weighted by Gasteiger charge is 2.02. The van der Waals surface area contributed by atoms with Crippen LogP contribution in [0.2, 0.25) is 0 Å². The van der Waals surface area contributed by atoms with Gasteiger partial charge in [0.05, 0.1) is 18.5 Å². The van der Waals surface area contributed by atoms with Crippen molar-refractivity contribution in [1.29, 1.82) is 0 Å². The minimum absolute atomic E-state index is 0.673. The van der Waals surface area contributed by atoms with Gasteiger partial charge in [-0.15, -0.1) is 0 Å². The lowest BCUT2D eigenvalue weighted by molar-refractivity contribution is 0.415. The van der Waals surface area contributed by atoms with Gasteiger partial charge >= 0.3 is 0 Å². The summed E-state index contributed by atoms with van der Waals surface area (Å²) in [7, 11) is 1.64. The summed E-state index contributed by atoms with van der Waals surface area (Å²) >= 11 is 1.88. The van der Waals surface area contributed by atoms with Crippen LogP contribution in [0, 0.1) is 0 Å². The molecule has 0 aliphatic heterocycles. The van der Waals surface area contributed by atoms with Crippen molar-refractivity contribution in [2.24, 2.45) is 0 Å². The third kappa shape index (κ3) is 3.85. The molecule has 0 amide bonds. The Bertz CT molecular complexity index is 331. The van der Waals surface area contributed by atoms with E-state index >= 15 is 0 Å². The Balaban J connectivity index is 2.48. The predicted molar refractivity (Wildman–Crippen MR) is 73.5 cm³/mol. The topological polar surface area (TPSA) is 47.3 Å². The maximum absolute atomic E-state index is 5.90. The normalized spacial score (nSPS) is 12.2. The van der Waals surface area contributed by atoms with Gasteiger partial charge in [0, 0.05) is 17.9 Å². The highest BCUT2D eigenvalue weighted by atomic mass is 32.2. The number of nitrogens with two attached hydrogens (primary N) is 1. The van der Waals surface area contributed by atoms with E-state index < -0.39 is 0 Å². The molecule has 0 bridgehead atoms. The van der Waals surface area contributed by atoms with Crippen molar-refractivity contribution < 1.29 is 4.74 Å². The molecular formula is C12H20N2OS. The lowest BCUT2D eigenvalue weighted by Gasteiger charge is -2.12. The lowest BCUT2D eigenvalue weighted by Crippen LogP contribution is -2.09. The largest absolute Gasteiger partial charge is 0.497 e. The van der Waals surface area contributed by atoms with Gasteiger partial charge in [-0.3, -0.25) is 0 Å². The number of nitrogen functional groups attached to an aromatic ring is 1. The van der Waals surface area contributed by atoms with Crippen molar-refractivity contribution in [3.8, 4) is 5.75 Å². The molecule has 0 saturated heterocycles. The van der Waals surface area contributed by atoms with Crippen molar-refractivity contribution in [3.63, 3.8) is 0 Å². The number of thioether (sulfide) groups is 1. The van der Waals surface area contributed by atoms with Gasteiger partial charge in [0.15, 0.2) is 0 Å². The van der Waals surface area contributed by atoms with Gasteiger partial charge in [0.25, 0.3) is 0 Å². The molecule has 1 unspecified atom stereocenters. The van der Waals surface area contributed by atoms with E-state index in [1.165, 1.54) is 0 Å². The van der Waals surface area contributed by atoms with Gasteiger partial charge in [0.1, 0.15) is 5.75 Å². The maximum Gasteiger partial charge on any atom is 0.121 e. The average Bonchev–Trinajstić information content (AvgIpc) is 2.30. The summed E-state index contributed by atoms with van der Waals surface area (Å²) in [4.78, 5) is 0. The summed E-state index contributed by atoms with van der Waals surface area (Å²) in [6.45, 7) is 3.17. The zero-order valence-electron chi connectivity index (χ0n) is 10.1. The average molecular weight is 240 g/mol. The predicted octanol–water partition coefficient (Wildman–Crippen LogP) is 2.83. The summed E-state index contributed by atoms with van der Waals surface area (Å²) in [6, 6.07) is 5.70. The molecule has 0 aliphatic rings. The number of hydrogen-bond acceptors (Lipinski definition) is 4. The van der Waals surface area contributed by atoms with E-state index in [0.29, 0.717) is 5.25 Å². The molecule has 0 fully saturated rings. The highest BCUT2D eigenvalue weighted by molar-refractivity contribution is 7.99. The Kier molecular flexibility index (Phi) is 5.32. The van der Waals surface area contributed by atoms with Crippen LogP contribution in [0.5, 0.6) is 5.75 Å². The number of anilines is 2. The molecule has 1 aromatic carbocycles. The smallest absolute Gasteiger partial charge is 0.121 e. The Morgan fingerprint density at radius 3 is 2.81 bits per heavy atom. The molecule has 1 rings (SSSR count). The van der Waals surface area contributed by atoms with Crippen LogP contribution in [-0.2, 0) is 0 Å². The molecule has 1 aromatic rings. The van der Waals surface area contributed by atoms with Crippen LogP contribution in [0.15, 0.2) is 18.2 Å². The lowest BCUT2D eigenvalue weighted by atomic mass is 10.2. The quantitative estimate of drug-likeness (QED) is 0.751. The molecule has 0 radical (unpaired) electrons. The molecule has 4 heteroatoms. The Labute approximate surface area is 102 Å². The van der Waals surface area contributed by atoms with Gasteiger partial charge in [-0.05, 0) is 24.8 Å². The van der Waals surface area contributed by atoms with Crippen molar-refractivity contribution in [3.05, 3.63) is 18.2 Å². The van der Waals surface area contributed by atoms with E-state index in [1.807, 2.05) is 30.0 Å². The summed E-state index contributed by atoms with van der Waals surface area (Å²) < 4.78 is 5.10. The number of nitrogens with one attached hydrogen (secondary N) is 1. The van der Waals surface area contributed by atoms with Gasteiger partial charge in [-0.2, -0.15) is 11.8 Å². The van der Waals surface area contributed by atoms with E-state index in [9.17, 15) is 0 Å². The molecule has 16 heavy (non-hydrogen) atoms. The zero-order chi connectivity index (χ0) is 12.0. The molecule has 3 N–H and O–H groups in total. The molecule has 1 atom stereocenters. The van der Waals surface area contributed by atoms with E-state index in [2.05, 4.69) is 18.5 Å². The number of methoxy groups -OCH3 is 1. The van der Waals surface area contributed by atoms with Crippen molar-refractivity contribution in [1.82, 2.24) is 0 Å². The van der Waals surface area contributed by atoms with Crippen LogP contribution >= 0.6 is 11.8 Å². The molecule has 0 aromatic heterocycles. The molecule has 0 aliphatic carbocycles. The Hall–Kier alpha value is -1.03. The minimum Gasteiger partial charge on any atom is -0.497 e. The summed E-state index contributed by atoms with van der Waals surface area (Å²) in [5.74, 6) is 0.792. The maximum atomic E-state index is 5.90. The fourth-order valence-corrected chi connectivity index (χ4v) is 1.71. The first-order chi connectivity index (χ1) is 7.67. The molecule has 0 heterocycles. The van der Waals surface area contributed by atoms with Gasteiger partial charge in [0.2, 0.25) is 0 Å². The monoisotopic (exact) mass is 240 g/mol. The summed E-state index contributed by atoms with van der Waals surface area (Å²) in [5, 5.41) is 4.01. The first kappa shape index (κ1) is 13.0. The SMILES string of the molecule is COc1ccc(NCCC(C)SC)c(N)c1. The van der Waals surface area contributed by atoms with Crippen molar-refractivity contribution in [2.75, 3.05) is 31.0 Å². The van der Waals surface area contributed by atoms with Crippen LogP contribution in [0.3, 0.4) is 0 Å². The first-order valence-corrected chi connectivity index (χ1v) is 6.66. The standard InChI is InChI=1S/C12H20N2OS/c1-9(16-3)6-7-14-12-5-4-10(15-2)8-11(12)13/h4-5,8-9,14H,6-7,13H2,1-3H3. The third-order valence-corrected chi connectivity index (χ3v) is 3.57. The van der Waals surface area contributed by atoms with Gasteiger partial charge < -0.3 is 15.8 Å². The molecule has 3 nitrogen and oxygen atoms in total. The van der Waals surface area contributed by atoms with Crippen molar-refractivity contribution >= 4 is 23.1 Å². The van der Waals surface area contributed by atoms with Gasteiger partial charge in [-0.1, -0.05) is 6.92 Å². The van der Waals surface area contributed by atoms with Crippen LogP contribution in [0.1, 0.15) is 13.3 Å². The van der Waals surface area contributed by atoms with E-state index in [0.717, 1.165) is 30.1 Å². The zero-order valence-corrected chi connectivity index (χ0v) is 10.9. The van der Waals surface area contributed by atoms with Crippen LogP contribution < -0.4 is 15.8 Å². The second-order valence-corrected chi connectivity index (χ2v) is 4.99. The number of ether oxygens (including phenoxy) is 1. The highest BCUT2D eigenvalue weighted by Crippen LogP contribution is 2.24. The number of benzene rings is 1. The van der Waals surface area contributed by atoms with Crippen LogP contribution in [0.4, 0.5) is 11.4 Å². The van der Waals surface area contributed by atoms with E-state index in [1.54, 1.807) is 7.11 Å². The van der Waals surface area contributed by atoms with E-state index in [-0.39, 0.29) is 0 Å². The fourth-order valence-electron chi connectivity index (χ4n) is 1.36. The number of hydrogen-bond donors (Lipinski definition) is 2. The Morgan fingerprint density at radius 1 is 1.50 bits per heavy atom. The third-order valence-electron chi connectivity index (χ3n) is 2.53. The molecule has 90 valence electrons. The first-order valence-electron chi connectivity index (χ1n) is 5.37. The van der Waals surface area contributed by atoms with Gasteiger partial charge in [-0.25, -0.2) is 0 Å². The summed E-state index contributed by atoms with van der Waals surface area (Å²) in [6.07, 6.45) is 3.26. The van der Waals surface area contributed by atoms with Crippen LogP contribution in [-0.4, -0.2) is 25.2 Å². The van der Waals surface area contributed by atoms with Crippen molar-refractivity contribution in [2.45, 2.75) is 18.6 Å². The molecule has 0 saturated carbocycles. The minimum atomic E-state index is 0.673. The molecular weight excluding hydrogens is 220 g/mol. The Morgan fingerprint density at radius 2 is 2.25 bits per heavy atom. The molecule has 0 spiro atoms. The summed E-state index contributed by atoms with van der Waals surface area (Å²) in [5.41, 5.74) is 7.61.